The highest BCUT2D eigenvalue weighted by molar-refractivity contribution is 14.1. The van der Waals surface area contributed by atoms with Crippen molar-refractivity contribution < 1.29 is 0 Å². The molecule has 1 atom stereocenters. The molecule has 1 aliphatic rings. The van der Waals surface area contributed by atoms with E-state index in [1.54, 1.807) is 0 Å². The molecule has 8 heavy (non-hydrogen) atoms. The monoisotopic (exact) mass is 225 g/mol. The minimum atomic E-state index is 0.807. The van der Waals surface area contributed by atoms with Gasteiger partial charge >= 0.3 is 0 Å². The Morgan fingerprint density at radius 3 is 2.62 bits per heavy atom. The molecule has 1 unspecified atom stereocenters. The summed E-state index contributed by atoms with van der Waals surface area (Å²) in [5.74, 6) is 0. The van der Waals surface area contributed by atoms with Crippen LogP contribution in [0.1, 0.15) is 19.3 Å². The minimum Gasteiger partial charge on any atom is -0.295 e. The fourth-order valence-electron chi connectivity index (χ4n) is 1.03. The molecule has 0 saturated carbocycles. The Bertz CT molecular complexity index is 64.9. The first kappa shape index (κ1) is 6.81. The molecule has 0 amide bonds. The number of alkyl halides is 1. The molecule has 1 saturated heterocycles. The normalized spacial score (nSPS) is 33.0. The van der Waals surface area contributed by atoms with Crippen LogP contribution >= 0.6 is 22.6 Å². The van der Waals surface area contributed by atoms with Crippen LogP contribution in [0.5, 0.6) is 0 Å². The highest BCUT2D eigenvalue weighted by atomic mass is 127. The van der Waals surface area contributed by atoms with E-state index in [0.29, 0.717) is 0 Å². The third-order valence-corrected chi connectivity index (χ3v) is 3.26. The van der Waals surface area contributed by atoms with Crippen LogP contribution in [0, 0.1) is 0 Å². The van der Waals surface area contributed by atoms with Crippen molar-refractivity contribution in [2.45, 2.75) is 23.3 Å². The van der Waals surface area contributed by atoms with Gasteiger partial charge in [-0.25, -0.2) is 0 Å². The van der Waals surface area contributed by atoms with E-state index in [2.05, 4.69) is 34.5 Å². The Morgan fingerprint density at radius 2 is 2.25 bits per heavy atom. The van der Waals surface area contributed by atoms with Gasteiger partial charge in [-0.1, -0.05) is 22.6 Å². The second-order valence-corrected chi connectivity index (χ2v) is 3.85. The third kappa shape index (κ3) is 1.58. The molecule has 0 spiro atoms. The van der Waals surface area contributed by atoms with E-state index in [9.17, 15) is 0 Å². The molecular weight excluding hydrogens is 213 g/mol. The first-order valence-corrected chi connectivity index (χ1v) is 4.39. The van der Waals surface area contributed by atoms with E-state index < -0.39 is 0 Å². The molecule has 1 heterocycles. The van der Waals surface area contributed by atoms with Crippen LogP contribution in [0.2, 0.25) is 0 Å². The van der Waals surface area contributed by atoms with Gasteiger partial charge in [-0.05, 0) is 32.9 Å². The lowest BCUT2D eigenvalue weighted by Gasteiger charge is -2.27. The molecule has 1 nitrogen and oxygen atoms in total. The molecule has 0 bridgehead atoms. The van der Waals surface area contributed by atoms with Crippen LogP contribution in [-0.2, 0) is 0 Å². The van der Waals surface area contributed by atoms with Gasteiger partial charge in [-0.2, -0.15) is 0 Å². The van der Waals surface area contributed by atoms with Gasteiger partial charge in [0.1, 0.15) is 0 Å². The summed E-state index contributed by atoms with van der Waals surface area (Å²) in [5, 5.41) is 0. The van der Waals surface area contributed by atoms with Crippen molar-refractivity contribution in [3.63, 3.8) is 0 Å². The van der Waals surface area contributed by atoms with Crippen LogP contribution in [0.4, 0.5) is 0 Å². The molecule has 0 aliphatic carbocycles. The summed E-state index contributed by atoms with van der Waals surface area (Å²) < 4.78 is 0.807. The summed E-state index contributed by atoms with van der Waals surface area (Å²) in [6, 6.07) is 0. The molecule has 0 N–H and O–H groups in total. The molecule has 0 radical (unpaired) electrons. The molecule has 0 aromatic rings. The Morgan fingerprint density at radius 1 is 1.50 bits per heavy atom. The van der Waals surface area contributed by atoms with Gasteiger partial charge < -0.3 is 0 Å². The van der Waals surface area contributed by atoms with Gasteiger partial charge in [0.25, 0.3) is 0 Å². The van der Waals surface area contributed by atoms with Gasteiger partial charge in [0.05, 0.1) is 4.05 Å². The number of likely N-dealkylation sites (tertiary alicyclic amines) is 1. The fraction of sp³-hybridized carbons (Fsp3) is 1.00. The number of hydrogen-bond acceptors (Lipinski definition) is 1. The molecule has 48 valence electrons. The fourth-order valence-corrected chi connectivity index (χ4v) is 1.75. The molecule has 2 heteroatoms. The van der Waals surface area contributed by atoms with Crippen molar-refractivity contribution in [1.29, 1.82) is 0 Å². The number of nitrogens with zero attached hydrogens (tertiary/aromatic N) is 1. The Labute approximate surface area is 64.6 Å². The molecule has 1 fully saturated rings. The van der Waals surface area contributed by atoms with Crippen molar-refractivity contribution in [3.8, 4) is 0 Å². The molecule has 0 aromatic carbocycles. The van der Waals surface area contributed by atoms with Crippen LogP contribution in [-0.4, -0.2) is 22.5 Å². The van der Waals surface area contributed by atoms with Crippen LogP contribution < -0.4 is 0 Å². The minimum absolute atomic E-state index is 0.807. The van der Waals surface area contributed by atoms with Gasteiger partial charge in [0.15, 0.2) is 0 Å². The van der Waals surface area contributed by atoms with E-state index in [0.717, 1.165) is 4.05 Å². The van der Waals surface area contributed by atoms with Crippen molar-refractivity contribution in [3.05, 3.63) is 0 Å². The highest BCUT2D eigenvalue weighted by Crippen LogP contribution is 2.19. The topological polar surface area (TPSA) is 3.24 Å². The number of piperidine rings is 1. The average molecular weight is 225 g/mol. The number of hydrogen-bond donors (Lipinski definition) is 0. The summed E-state index contributed by atoms with van der Waals surface area (Å²) in [4.78, 5) is 2.42. The van der Waals surface area contributed by atoms with Gasteiger partial charge in [-0.15, -0.1) is 0 Å². The first-order valence-electron chi connectivity index (χ1n) is 3.15. The van der Waals surface area contributed by atoms with Crippen LogP contribution in [0.3, 0.4) is 0 Å². The maximum absolute atomic E-state index is 2.51. The lowest BCUT2D eigenvalue weighted by Crippen LogP contribution is -2.31. The van der Waals surface area contributed by atoms with Gasteiger partial charge in [-0.3, -0.25) is 4.90 Å². The van der Waals surface area contributed by atoms with E-state index in [4.69, 9.17) is 0 Å². The highest BCUT2D eigenvalue weighted by Gasteiger charge is 2.13. The quantitative estimate of drug-likeness (QED) is 0.345. The van der Waals surface area contributed by atoms with Gasteiger partial charge in [0, 0.05) is 0 Å². The Hall–Kier alpha value is 0.690. The van der Waals surface area contributed by atoms with E-state index in [1.807, 2.05) is 0 Å². The average Bonchev–Trinajstić information content (AvgIpc) is 1.77. The summed E-state index contributed by atoms with van der Waals surface area (Å²) in [6.45, 7) is 1.30. The smallest absolute Gasteiger partial charge is 0.0616 e. The second-order valence-electron chi connectivity index (χ2n) is 2.41. The van der Waals surface area contributed by atoms with Crippen molar-refractivity contribution in [2.24, 2.45) is 0 Å². The lowest BCUT2D eigenvalue weighted by atomic mass is 10.1. The molecule has 0 aromatic heterocycles. The zero-order chi connectivity index (χ0) is 5.98. The van der Waals surface area contributed by atoms with Crippen molar-refractivity contribution in [2.75, 3.05) is 13.6 Å². The number of rotatable bonds is 0. The predicted octanol–water partition coefficient (Wildman–Crippen LogP) is 1.86. The third-order valence-electron chi connectivity index (χ3n) is 1.68. The lowest BCUT2D eigenvalue weighted by molar-refractivity contribution is 0.263. The Kier molecular flexibility index (Phi) is 2.56. The zero-order valence-corrected chi connectivity index (χ0v) is 7.39. The number of halogens is 1. The standard InChI is InChI=1S/C6H12IN/c1-8-5-3-2-4-6(8)7/h6H,2-5H2,1H3. The van der Waals surface area contributed by atoms with E-state index in [1.165, 1.54) is 25.8 Å². The van der Waals surface area contributed by atoms with Crippen molar-refractivity contribution in [1.82, 2.24) is 4.90 Å². The van der Waals surface area contributed by atoms with Crippen molar-refractivity contribution >= 4 is 22.6 Å². The maximum Gasteiger partial charge on any atom is 0.0616 e. The Balaban J connectivity index is 2.28. The summed E-state index contributed by atoms with van der Waals surface area (Å²) in [6.07, 6.45) is 4.21. The summed E-state index contributed by atoms with van der Waals surface area (Å²) >= 11 is 2.51. The van der Waals surface area contributed by atoms with E-state index >= 15 is 0 Å². The summed E-state index contributed by atoms with van der Waals surface area (Å²) in [7, 11) is 2.20. The molecule has 1 aliphatic heterocycles. The largest absolute Gasteiger partial charge is 0.295 e. The predicted molar refractivity (Wildman–Crippen MR) is 44.3 cm³/mol. The SMILES string of the molecule is CN1CCCCC1I. The summed E-state index contributed by atoms with van der Waals surface area (Å²) in [5.41, 5.74) is 0. The van der Waals surface area contributed by atoms with E-state index in [-0.39, 0.29) is 0 Å². The van der Waals surface area contributed by atoms with Gasteiger partial charge in [0.2, 0.25) is 0 Å². The maximum atomic E-state index is 2.51. The molecular formula is C6H12IN. The van der Waals surface area contributed by atoms with Crippen LogP contribution in [0.15, 0.2) is 0 Å². The zero-order valence-electron chi connectivity index (χ0n) is 5.23. The first-order chi connectivity index (χ1) is 3.80. The second kappa shape index (κ2) is 3.01. The van der Waals surface area contributed by atoms with Crippen LogP contribution in [0.25, 0.3) is 0 Å². The molecule has 1 rings (SSSR count).